The summed E-state index contributed by atoms with van der Waals surface area (Å²) in [6.45, 7) is 2.32. The van der Waals surface area contributed by atoms with Gasteiger partial charge in [-0.25, -0.2) is 9.37 Å². The van der Waals surface area contributed by atoms with Crippen molar-refractivity contribution in [1.29, 1.82) is 0 Å². The third-order valence-corrected chi connectivity index (χ3v) is 5.30. The summed E-state index contributed by atoms with van der Waals surface area (Å²) in [5.74, 6) is -2.15. The van der Waals surface area contributed by atoms with Crippen LogP contribution in [-0.2, 0) is 14.3 Å². The lowest BCUT2D eigenvalue weighted by molar-refractivity contribution is -0.119. The Hall–Kier alpha value is -3.25. The van der Waals surface area contributed by atoms with E-state index in [1.807, 2.05) is 0 Å². The van der Waals surface area contributed by atoms with E-state index in [0.29, 0.717) is 13.2 Å². The van der Waals surface area contributed by atoms with Crippen molar-refractivity contribution in [1.82, 2.24) is 15.3 Å². The van der Waals surface area contributed by atoms with Crippen molar-refractivity contribution in [3.05, 3.63) is 46.0 Å². The maximum absolute atomic E-state index is 13.1. The van der Waals surface area contributed by atoms with Gasteiger partial charge in [-0.05, 0) is 37.1 Å². The molecule has 0 aliphatic carbocycles. The summed E-state index contributed by atoms with van der Waals surface area (Å²) >= 11 is 0.967. The van der Waals surface area contributed by atoms with Crippen LogP contribution >= 0.6 is 11.8 Å². The molecule has 32 heavy (non-hydrogen) atoms. The summed E-state index contributed by atoms with van der Waals surface area (Å²) in [6, 6.07) is 4.72. The highest BCUT2D eigenvalue weighted by molar-refractivity contribution is 7.99. The average molecular weight is 463 g/mol. The van der Waals surface area contributed by atoms with Crippen molar-refractivity contribution in [3.8, 4) is 0 Å². The zero-order chi connectivity index (χ0) is 23.1. The van der Waals surface area contributed by atoms with Gasteiger partial charge in [-0.15, -0.1) is 0 Å². The van der Waals surface area contributed by atoms with Crippen LogP contribution in [0.25, 0.3) is 0 Å². The number of anilines is 2. The molecule has 1 fully saturated rings. The fourth-order valence-corrected chi connectivity index (χ4v) is 3.59. The number of aromatic amines is 1. The fourth-order valence-electron chi connectivity index (χ4n) is 2.90. The van der Waals surface area contributed by atoms with Crippen LogP contribution in [0, 0.1) is 5.82 Å². The second-order valence-electron chi connectivity index (χ2n) is 6.96. The van der Waals surface area contributed by atoms with Gasteiger partial charge >= 0.3 is 0 Å². The molecular formula is C20H22FN5O5S. The van der Waals surface area contributed by atoms with Gasteiger partial charge in [0.2, 0.25) is 11.8 Å². The summed E-state index contributed by atoms with van der Waals surface area (Å²) in [5.41, 5.74) is -0.885. The average Bonchev–Trinajstić information content (AvgIpc) is 3.27. The van der Waals surface area contributed by atoms with E-state index in [9.17, 15) is 23.6 Å². The zero-order valence-electron chi connectivity index (χ0n) is 17.2. The Morgan fingerprint density at radius 1 is 1.25 bits per heavy atom. The van der Waals surface area contributed by atoms with Gasteiger partial charge < -0.3 is 20.7 Å². The number of hydrogen-bond donors (Lipinski definition) is 4. The number of thioether (sulfide) groups is 1. The molecule has 0 bridgehead atoms. The summed E-state index contributed by atoms with van der Waals surface area (Å²) in [6.07, 6.45) is 1.88. The second-order valence-corrected chi connectivity index (χ2v) is 7.93. The Bertz CT molecular complexity index is 1050. The largest absolute Gasteiger partial charge is 0.376 e. The molecule has 1 aromatic heterocycles. The molecule has 0 radical (unpaired) electrons. The molecule has 1 saturated heterocycles. The van der Waals surface area contributed by atoms with Gasteiger partial charge in [0.05, 0.1) is 11.9 Å². The molecule has 3 amide bonds. The first-order valence-corrected chi connectivity index (χ1v) is 10.8. The number of carbonyl (C=O) groups excluding carboxylic acids is 3. The first-order valence-electron chi connectivity index (χ1n) is 9.81. The molecule has 1 aromatic carbocycles. The van der Waals surface area contributed by atoms with Crippen LogP contribution in [0.15, 0.2) is 34.2 Å². The molecule has 0 saturated carbocycles. The third kappa shape index (κ3) is 6.62. The predicted octanol–water partition coefficient (Wildman–Crippen LogP) is 1.51. The Balaban J connectivity index is 1.69. The van der Waals surface area contributed by atoms with Crippen molar-refractivity contribution in [2.75, 3.05) is 29.5 Å². The summed E-state index contributed by atoms with van der Waals surface area (Å²) in [4.78, 5) is 55.2. The number of nitrogens with zero attached hydrogens (tertiary/aromatic N) is 1. The van der Waals surface area contributed by atoms with Gasteiger partial charge in [-0.2, -0.15) is 0 Å². The minimum absolute atomic E-state index is 0.0113. The quantitative estimate of drug-likeness (QED) is 0.343. The first-order chi connectivity index (χ1) is 15.3. The molecular weight excluding hydrogens is 441 g/mol. The van der Waals surface area contributed by atoms with E-state index in [1.165, 1.54) is 19.1 Å². The molecule has 1 atom stereocenters. The third-order valence-electron chi connectivity index (χ3n) is 4.43. The normalized spacial score (nSPS) is 15.2. The highest BCUT2D eigenvalue weighted by Crippen LogP contribution is 2.20. The van der Waals surface area contributed by atoms with E-state index in [2.05, 4.69) is 25.9 Å². The van der Waals surface area contributed by atoms with Crippen LogP contribution in [0.5, 0.6) is 0 Å². The minimum Gasteiger partial charge on any atom is -0.376 e. The predicted molar refractivity (Wildman–Crippen MR) is 116 cm³/mol. The van der Waals surface area contributed by atoms with E-state index in [-0.39, 0.29) is 40.0 Å². The molecule has 3 rings (SSSR count). The van der Waals surface area contributed by atoms with Crippen LogP contribution in [0.1, 0.15) is 30.1 Å². The van der Waals surface area contributed by atoms with E-state index < -0.39 is 23.2 Å². The van der Waals surface area contributed by atoms with Gasteiger partial charge in [-0.1, -0.05) is 11.8 Å². The standard InChI is InChI=1S/C20H22FN5O5S/c1-11(27)23-17-16(24-18(29)12-4-6-13(21)7-5-12)19(30)26-20(25-17)32-10-15(28)22-9-14-3-2-8-31-14/h4-7,14H,2-3,8-10H2,1H3,(H,22,28)(H,24,29)(H2,23,25,26,27,30)/t14-/m0/s1. The Morgan fingerprint density at radius 3 is 2.66 bits per heavy atom. The van der Waals surface area contributed by atoms with Crippen LogP contribution in [0.4, 0.5) is 15.9 Å². The highest BCUT2D eigenvalue weighted by Gasteiger charge is 2.19. The van der Waals surface area contributed by atoms with Crippen LogP contribution in [-0.4, -0.2) is 52.7 Å². The molecule has 10 nitrogen and oxygen atoms in total. The van der Waals surface area contributed by atoms with Crippen molar-refractivity contribution in [2.45, 2.75) is 31.0 Å². The maximum Gasteiger partial charge on any atom is 0.277 e. The molecule has 1 aliphatic heterocycles. The first kappa shape index (κ1) is 23.4. The second kappa shape index (κ2) is 10.9. The van der Waals surface area contributed by atoms with Gasteiger partial charge in [0, 0.05) is 25.6 Å². The molecule has 0 spiro atoms. The molecule has 2 heterocycles. The van der Waals surface area contributed by atoms with Crippen molar-refractivity contribution in [3.63, 3.8) is 0 Å². The number of H-pyrrole nitrogens is 1. The Kier molecular flexibility index (Phi) is 7.95. The van der Waals surface area contributed by atoms with E-state index in [0.717, 1.165) is 36.7 Å². The van der Waals surface area contributed by atoms with Crippen molar-refractivity contribution >= 4 is 41.0 Å². The van der Waals surface area contributed by atoms with E-state index >= 15 is 0 Å². The number of aromatic nitrogens is 2. The molecule has 4 N–H and O–H groups in total. The minimum atomic E-state index is -0.721. The number of carbonyl (C=O) groups is 3. The van der Waals surface area contributed by atoms with Crippen LogP contribution in [0.3, 0.4) is 0 Å². The van der Waals surface area contributed by atoms with Crippen LogP contribution < -0.4 is 21.5 Å². The van der Waals surface area contributed by atoms with Gasteiger partial charge in [0.25, 0.3) is 11.5 Å². The maximum atomic E-state index is 13.1. The monoisotopic (exact) mass is 463 g/mol. The summed E-state index contributed by atoms with van der Waals surface area (Å²) < 4.78 is 18.5. The lowest BCUT2D eigenvalue weighted by Gasteiger charge is -2.12. The van der Waals surface area contributed by atoms with Gasteiger partial charge in [-0.3, -0.25) is 24.2 Å². The number of halogens is 1. The molecule has 1 aliphatic rings. The summed E-state index contributed by atoms with van der Waals surface area (Å²) in [5, 5.41) is 7.62. The lowest BCUT2D eigenvalue weighted by Crippen LogP contribution is -2.33. The van der Waals surface area contributed by atoms with E-state index in [4.69, 9.17) is 4.74 Å². The van der Waals surface area contributed by atoms with Gasteiger partial charge in [0.15, 0.2) is 16.7 Å². The topological polar surface area (TPSA) is 142 Å². The smallest absolute Gasteiger partial charge is 0.277 e. The number of amides is 3. The molecule has 12 heteroatoms. The highest BCUT2D eigenvalue weighted by atomic mass is 32.2. The van der Waals surface area contributed by atoms with Gasteiger partial charge in [0.1, 0.15) is 5.82 Å². The SMILES string of the molecule is CC(=O)Nc1nc(SCC(=O)NC[C@@H]2CCCO2)[nH]c(=O)c1NC(=O)c1ccc(F)cc1. The van der Waals surface area contributed by atoms with Crippen LogP contribution in [0.2, 0.25) is 0 Å². The Labute approximate surface area is 186 Å². The number of nitrogens with one attached hydrogen (secondary N) is 4. The molecule has 170 valence electrons. The van der Waals surface area contributed by atoms with Crippen molar-refractivity contribution in [2.24, 2.45) is 0 Å². The number of benzene rings is 1. The number of ether oxygens (including phenoxy) is 1. The number of hydrogen-bond acceptors (Lipinski definition) is 7. The summed E-state index contributed by atoms with van der Waals surface area (Å²) in [7, 11) is 0. The van der Waals surface area contributed by atoms with Crippen molar-refractivity contribution < 1.29 is 23.5 Å². The lowest BCUT2D eigenvalue weighted by atomic mass is 10.2. The number of rotatable bonds is 8. The zero-order valence-corrected chi connectivity index (χ0v) is 18.0. The Morgan fingerprint density at radius 2 is 2.00 bits per heavy atom. The molecule has 2 aromatic rings. The fraction of sp³-hybridized carbons (Fsp3) is 0.350. The molecule has 0 unspecified atom stereocenters. The van der Waals surface area contributed by atoms with E-state index in [1.54, 1.807) is 0 Å².